The topological polar surface area (TPSA) is 131 Å². The Labute approximate surface area is 235 Å². The van der Waals surface area contributed by atoms with Gasteiger partial charge < -0.3 is 15.5 Å². The fraction of sp³-hybridized carbons (Fsp3) is 0.464. The van der Waals surface area contributed by atoms with Crippen molar-refractivity contribution in [3.63, 3.8) is 0 Å². The zero-order valence-electron chi connectivity index (χ0n) is 23.2. The molecule has 0 unspecified atom stereocenters. The third-order valence-electron chi connectivity index (χ3n) is 7.43. The molecule has 1 aliphatic rings. The number of amides is 1. The molecule has 10 nitrogen and oxygen atoms in total. The molecule has 0 saturated heterocycles. The number of thiophene rings is 1. The Hall–Kier alpha value is -3.80. The molecule has 40 heavy (non-hydrogen) atoms. The molecule has 4 rings (SSSR count). The summed E-state index contributed by atoms with van der Waals surface area (Å²) in [6, 6.07) is 4.20. The highest BCUT2D eigenvalue weighted by atomic mass is 32.1. The van der Waals surface area contributed by atoms with Gasteiger partial charge in [-0.1, -0.05) is 30.6 Å². The van der Waals surface area contributed by atoms with E-state index in [1.807, 2.05) is 0 Å². The highest BCUT2D eigenvalue weighted by Crippen LogP contribution is 2.33. The summed E-state index contributed by atoms with van der Waals surface area (Å²) in [6.07, 6.45) is 7.42. The largest absolute Gasteiger partial charge is 0.496 e. The van der Waals surface area contributed by atoms with Crippen molar-refractivity contribution in [3.8, 4) is 5.75 Å². The third-order valence-corrected chi connectivity index (χ3v) is 8.65. The minimum atomic E-state index is -1.47. The average molecular weight is 571 g/mol. The Kier molecular flexibility index (Phi) is 8.87. The minimum Gasteiger partial charge on any atom is -0.496 e. The van der Waals surface area contributed by atoms with Crippen LogP contribution in [0.25, 0.3) is 10.2 Å². The molecule has 2 aromatic heterocycles. The van der Waals surface area contributed by atoms with E-state index in [-0.39, 0.29) is 19.0 Å². The number of carbonyl (C=O) groups excluding carboxylic acids is 1. The van der Waals surface area contributed by atoms with Crippen LogP contribution in [0.15, 0.2) is 32.9 Å². The van der Waals surface area contributed by atoms with Crippen molar-refractivity contribution < 1.29 is 13.9 Å². The van der Waals surface area contributed by atoms with Crippen molar-refractivity contribution in [3.05, 3.63) is 56.0 Å². The standard InChI is InChI=1S/C28H35FN6O4S/c1-17-22-24(36)35(28(2,3)26(37)32-20-8-6-5-7-9-20)27(38)34(25(22)40-23(17)33-31-14-13-30)15-12-18-16-19(29)10-11-21(18)39-4/h10-11,13-14,16,20,30,33H,5-9,12,15H2,1-4H3,(H,32,37)/b30-13?,31-14-. The number of ether oxygens (including phenoxy) is 1. The second-order valence-corrected chi connectivity index (χ2v) is 11.4. The maximum absolute atomic E-state index is 14.1. The lowest BCUT2D eigenvalue weighted by Gasteiger charge is -2.30. The molecule has 214 valence electrons. The number of aromatic nitrogens is 2. The van der Waals surface area contributed by atoms with Crippen LogP contribution in [0.4, 0.5) is 9.39 Å². The van der Waals surface area contributed by atoms with E-state index in [4.69, 9.17) is 10.1 Å². The Balaban J connectivity index is 1.85. The molecule has 1 aliphatic carbocycles. The van der Waals surface area contributed by atoms with E-state index in [1.54, 1.807) is 20.8 Å². The van der Waals surface area contributed by atoms with Gasteiger partial charge in [0, 0.05) is 24.4 Å². The maximum atomic E-state index is 14.1. The van der Waals surface area contributed by atoms with Crippen molar-refractivity contribution in [1.29, 1.82) is 5.41 Å². The summed E-state index contributed by atoms with van der Waals surface area (Å²) in [5.41, 5.74) is 1.30. The highest BCUT2D eigenvalue weighted by Gasteiger charge is 2.36. The lowest BCUT2D eigenvalue weighted by atomic mass is 9.94. The van der Waals surface area contributed by atoms with Crippen molar-refractivity contribution >= 4 is 44.9 Å². The Morgan fingerprint density at radius 3 is 2.67 bits per heavy atom. The Morgan fingerprint density at radius 1 is 1.27 bits per heavy atom. The SMILES string of the molecule is COc1ccc(F)cc1CCn1c(=O)n(C(C)(C)C(=O)NC2CCCCC2)c(=O)c2c(C)c(N/N=C\C=N)sc21. The van der Waals surface area contributed by atoms with Crippen LogP contribution in [0.5, 0.6) is 5.75 Å². The van der Waals surface area contributed by atoms with Crippen LogP contribution >= 0.6 is 11.3 Å². The van der Waals surface area contributed by atoms with Gasteiger partial charge in [-0.25, -0.2) is 13.8 Å². The maximum Gasteiger partial charge on any atom is 0.333 e. The average Bonchev–Trinajstić information content (AvgIpc) is 3.25. The van der Waals surface area contributed by atoms with Crippen molar-refractivity contribution in [1.82, 2.24) is 14.5 Å². The summed E-state index contributed by atoms with van der Waals surface area (Å²) < 4.78 is 21.9. The molecule has 2 heterocycles. The zero-order valence-corrected chi connectivity index (χ0v) is 24.0. The lowest BCUT2D eigenvalue weighted by Crippen LogP contribution is -2.57. The molecule has 0 bridgehead atoms. The van der Waals surface area contributed by atoms with Crippen LogP contribution in [-0.2, 0) is 23.3 Å². The first-order valence-corrected chi connectivity index (χ1v) is 14.1. The molecule has 1 aromatic carbocycles. The van der Waals surface area contributed by atoms with Gasteiger partial charge in [-0.05, 0) is 63.8 Å². The second kappa shape index (κ2) is 12.2. The summed E-state index contributed by atoms with van der Waals surface area (Å²) >= 11 is 1.18. The zero-order chi connectivity index (χ0) is 29.0. The van der Waals surface area contributed by atoms with Crippen molar-refractivity contribution in [2.75, 3.05) is 12.5 Å². The lowest BCUT2D eigenvalue weighted by molar-refractivity contribution is -0.129. The molecule has 3 aromatic rings. The smallest absolute Gasteiger partial charge is 0.333 e. The molecule has 12 heteroatoms. The molecular weight excluding hydrogens is 535 g/mol. The number of hydrogen-bond donors (Lipinski definition) is 3. The molecule has 1 fully saturated rings. The Bertz CT molecular complexity index is 1570. The van der Waals surface area contributed by atoms with Crippen LogP contribution in [0, 0.1) is 18.2 Å². The molecule has 0 aliphatic heterocycles. The molecule has 1 amide bonds. The quantitative estimate of drug-likeness (QED) is 0.249. The van der Waals surface area contributed by atoms with Crippen LogP contribution in [0.3, 0.4) is 0 Å². The number of fused-ring (bicyclic) bond motifs is 1. The van der Waals surface area contributed by atoms with Gasteiger partial charge in [0.1, 0.15) is 26.9 Å². The summed E-state index contributed by atoms with van der Waals surface area (Å²) in [7, 11) is 1.49. The van der Waals surface area contributed by atoms with Gasteiger partial charge in [0.05, 0.1) is 18.7 Å². The first kappa shape index (κ1) is 29.2. The number of methoxy groups -OCH3 is 1. The predicted molar refractivity (Wildman–Crippen MR) is 157 cm³/mol. The second-order valence-electron chi connectivity index (χ2n) is 10.4. The molecular formula is C28H35FN6O4S. The minimum absolute atomic E-state index is 0.00742. The number of anilines is 1. The van der Waals surface area contributed by atoms with Crippen molar-refractivity contribution in [2.24, 2.45) is 5.10 Å². The first-order chi connectivity index (χ1) is 19.1. The fourth-order valence-corrected chi connectivity index (χ4v) is 6.33. The van der Waals surface area contributed by atoms with Gasteiger partial charge in [-0.3, -0.25) is 19.6 Å². The molecule has 0 spiro atoms. The third kappa shape index (κ3) is 5.72. The van der Waals surface area contributed by atoms with E-state index in [9.17, 15) is 18.8 Å². The number of halogens is 1. The number of hydrazone groups is 1. The van der Waals surface area contributed by atoms with E-state index in [2.05, 4.69) is 15.8 Å². The molecule has 0 radical (unpaired) electrons. The summed E-state index contributed by atoms with van der Waals surface area (Å²) in [5.74, 6) is -0.337. The van der Waals surface area contributed by atoms with Gasteiger partial charge in [0.2, 0.25) is 5.91 Å². The summed E-state index contributed by atoms with van der Waals surface area (Å²) in [4.78, 5) is 41.9. The normalized spacial score (nSPS) is 14.5. The number of carbonyl (C=O) groups is 1. The number of rotatable bonds is 10. The number of benzene rings is 1. The number of nitrogens with one attached hydrogen (secondary N) is 3. The van der Waals surface area contributed by atoms with Gasteiger partial charge in [0.15, 0.2) is 0 Å². The van der Waals surface area contributed by atoms with E-state index in [0.29, 0.717) is 32.1 Å². The van der Waals surface area contributed by atoms with E-state index >= 15 is 0 Å². The first-order valence-electron chi connectivity index (χ1n) is 13.3. The van der Waals surface area contributed by atoms with Crippen LogP contribution in [0.2, 0.25) is 0 Å². The highest BCUT2D eigenvalue weighted by molar-refractivity contribution is 7.22. The molecule has 1 saturated carbocycles. The van der Waals surface area contributed by atoms with Gasteiger partial charge >= 0.3 is 5.69 Å². The van der Waals surface area contributed by atoms with Crippen molar-refractivity contribution in [2.45, 2.75) is 77.4 Å². The number of hydrogen-bond acceptors (Lipinski definition) is 8. The molecule has 3 N–H and O–H groups in total. The monoisotopic (exact) mass is 570 g/mol. The van der Waals surface area contributed by atoms with E-state index in [1.165, 1.54) is 47.4 Å². The molecule has 0 atom stereocenters. The summed E-state index contributed by atoms with van der Waals surface area (Å²) in [5, 5.41) is 15.0. The fourth-order valence-electron chi connectivity index (χ4n) is 5.16. The Morgan fingerprint density at radius 2 is 2.00 bits per heavy atom. The van der Waals surface area contributed by atoms with Gasteiger partial charge in [-0.15, -0.1) is 0 Å². The van der Waals surface area contributed by atoms with Crippen LogP contribution < -0.4 is 26.7 Å². The van der Waals surface area contributed by atoms with E-state index in [0.717, 1.165) is 42.9 Å². The number of aryl methyl sites for hydroxylation is 3. The number of nitrogens with zero attached hydrogens (tertiary/aromatic N) is 3. The van der Waals surface area contributed by atoms with E-state index < -0.39 is 28.5 Å². The van der Waals surface area contributed by atoms with Gasteiger partial charge in [-0.2, -0.15) is 5.10 Å². The van der Waals surface area contributed by atoms with Crippen LogP contribution in [-0.4, -0.2) is 40.6 Å². The van der Waals surface area contributed by atoms with Crippen LogP contribution in [0.1, 0.15) is 57.1 Å². The predicted octanol–water partition coefficient (Wildman–Crippen LogP) is 4.15. The van der Waals surface area contributed by atoms with Gasteiger partial charge in [0.25, 0.3) is 5.56 Å². The summed E-state index contributed by atoms with van der Waals surface area (Å²) in [6.45, 7) is 5.01.